The van der Waals surface area contributed by atoms with Crippen molar-refractivity contribution in [1.82, 2.24) is 4.90 Å². The summed E-state index contributed by atoms with van der Waals surface area (Å²) >= 11 is 0. The Kier molecular flexibility index (Phi) is 3.09. The van der Waals surface area contributed by atoms with Crippen LogP contribution in [0.3, 0.4) is 0 Å². The van der Waals surface area contributed by atoms with Gasteiger partial charge in [-0.05, 0) is 34.6 Å². The molecule has 94 valence electrons. The van der Waals surface area contributed by atoms with Crippen LogP contribution in [0.1, 0.15) is 47.5 Å². The lowest BCUT2D eigenvalue weighted by molar-refractivity contribution is -0.948. The van der Waals surface area contributed by atoms with E-state index in [1.807, 2.05) is 0 Å². The predicted molar refractivity (Wildman–Crippen MR) is 69.5 cm³/mol. The molecule has 0 saturated carbocycles. The Morgan fingerprint density at radius 1 is 1.06 bits per heavy atom. The normalized spacial score (nSPS) is 36.8. The summed E-state index contributed by atoms with van der Waals surface area (Å²) in [6.45, 7) is 17.4. The summed E-state index contributed by atoms with van der Waals surface area (Å²) < 4.78 is 1.38. The van der Waals surface area contributed by atoms with Gasteiger partial charge in [-0.25, -0.2) is 0 Å². The molecule has 3 saturated heterocycles. The van der Waals surface area contributed by atoms with Gasteiger partial charge >= 0.3 is 0 Å². The van der Waals surface area contributed by atoms with Gasteiger partial charge in [-0.2, -0.15) is 0 Å². The molecular formula is C14H29N2+. The Bertz CT molecular complexity index is 244. The lowest BCUT2D eigenvalue weighted by Crippen LogP contribution is -2.57. The largest absolute Gasteiger partial charge is 0.320 e. The molecule has 0 radical (unpaired) electrons. The van der Waals surface area contributed by atoms with Crippen molar-refractivity contribution in [1.29, 1.82) is 0 Å². The van der Waals surface area contributed by atoms with Crippen molar-refractivity contribution in [3.63, 3.8) is 0 Å². The van der Waals surface area contributed by atoms with Crippen LogP contribution in [0.5, 0.6) is 0 Å². The van der Waals surface area contributed by atoms with Gasteiger partial charge in [0.2, 0.25) is 0 Å². The van der Waals surface area contributed by atoms with Gasteiger partial charge in [0.25, 0.3) is 0 Å². The van der Waals surface area contributed by atoms with Crippen LogP contribution in [0.4, 0.5) is 0 Å². The van der Waals surface area contributed by atoms with E-state index in [2.05, 4.69) is 39.5 Å². The molecule has 0 atom stereocenters. The fourth-order valence-electron chi connectivity index (χ4n) is 3.75. The molecular weight excluding hydrogens is 196 g/mol. The maximum atomic E-state index is 2.77. The van der Waals surface area contributed by atoms with E-state index >= 15 is 0 Å². The molecule has 2 heteroatoms. The molecule has 0 aliphatic carbocycles. The van der Waals surface area contributed by atoms with Crippen LogP contribution in [-0.4, -0.2) is 53.2 Å². The minimum atomic E-state index is 0.353. The number of fused-ring (bicyclic) bond motifs is 4. The fraction of sp³-hybridized carbons (Fsp3) is 1.00. The van der Waals surface area contributed by atoms with Crippen molar-refractivity contribution in [3.8, 4) is 0 Å². The summed E-state index contributed by atoms with van der Waals surface area (Å²) in [5.41, 5.74) is 0.353. The van der Waals surface area contributed by atoms with Gasteiger partial charge in [-0.3, -0.25) is 4.90 Å². The first kappa shape index (κ1) is 12.4. The van der Waals surface area contributed by atoms with Crippen molar-refractivity contribution >= 4 is 0 Å². The highest BCUT2D eigenvalue weighted by Gasteiger charge is 2.44. The molecule has 0 unspecified atom stereocenters. The Balaban J connectivity index is 2.18. The van der Waals surface area contributed by atoms with Gasteiger partial charge in [-0.1, -0.05) is 0 Å². The first-order valence-corrected chi connectivity index (χ1v) is 6.98. The Morgan fingerprint density at radius 2 is 1.62 bits per heavy atom. The summed E-state index contributed by atoms with van der Waals surface area (Å²) in [6.07, 6.45) is 2.82. The molecule has 3 fully saturated rings. The van der Waals surface area contributed by atoms with E-state index < -0.39 is 0 Å². The van der Waals surface area contributed by atoms with Crippen molar-refractivity contribution in [2.45, 2.75) is 65.1 Å². The molecule has 0 aromatic carbocycles. The second-order valence-corrected chi connectivity index (χ2v) is 7.08. The first-order valence-electron chi connectivity index (χ1n) is 6.98. The monoisotopic (exact) mass is 225 g/mol. The second kappa shape index (κ2) is 3.99. The number of hydrogen-bond acceptors (Lipinski definition) is 1. The van der Waals surface area contributed by atoms with Crippen molar-refractivity contribution in [2.24, 2.45) is 0 Å². The summed E-state index contributed by atoms with van der Waals surface area (Å²) in [5, 5.41) is 0. The van der Waals surface area contributed by atoms with Gasteiger partial charge in [0.1, 0.15) is 0 Å². The Morgan fingerprint density at radius 3 is 2.06 bits per heavy atom. The lowest BCUT2D eigenvalue weighted by atomic mass is 9.96. The third kappa shape index (κ3) is 2.02. The van der Waals surface area contributed by atoms with E-state index in [-0.39, 0.29) is 0 Å². The number of piperidine rings is 1. The summed E-state index contributed by atoms with van der Waals surface area (Å²) in [4.78, 5) is 2.77. The van der Waals surface area contributed by atoms with Gasteiger partial charge < -0.3 is 4.48 Å². The van der Waals surface area contributed by atoms with E-state index in [9.17, 15) is 0 Å². The highest BCUT2D eigenvalue weighted by Crippen LogP contribution is 2.33. The van der Waals surface area contributed by atoms with Crippen LogP contribution < -0.4 is 0 Å². The number of quaternary nitrogens is 1. The van der Waals surface area contributed by atoms with Gasteiger partial charge in [0, 0.05) is 31.0 Å². The molecule has 16 heavy (non-hydrogen) atoms. The Labute approximate surface area is 101 Å². The zero-order valence-electron chi connectivity index (χ0n) is 11.8. The maximum Gasteiger partial charge on any atom is 0.0918 e. The predicted octanol–water partition coefficient (Wildman–Crippen LogP) is 2.49. The molecule has 3 rings (SSSR count). The van der Waals surface area contributed by atoms with E-state index in [1.54, 1.807) is 0 Å². The molecule has 3 heterocycles. The minimum Gasteiger partial charge on any atom is -0.320 e. The van der Waals surface area contributed by atoms with Gasteiger partial charge in [-0.15, -0.1) is 0 Å². The van der Waals surface area contributed by atoms with Crippen LogP contribution >= 0.6 is 0 Å². The molecule has 0 N–H and O–H groups in total. The van der Waals surface area contributed by atoms with Crippen LogP contribution in [0.15, 0.2) is 0 Å². The van der Waals surface area contributed by atoms with Crippen LogP contribution in [0.2, 0.25) is 0 Å². The molecule has 0 amide bonds. The molecule has 3 aliphatic rings. The molecule has 0 spiro atoms. The average Bonchev–Trinajstić information content (AvgIpc) is 2.47. The smallest absolute Gasteiger partial charge is 0.0918 e. The molecule has 0 aromatic heterocycles. The van der Waals surface area contributed by atoms with Gasteiger partial charge in [0.05, 0.1) is 25.7 Å². The number of hydrogen-bond donors (Lipinski definition) is 0. The standard InChI is InChI=1S/C14H29N2/c1-12(2)16-9-6-13(7-10-16)15(8-11-16)14(3,4)5/h12-13H,6-11H2,1-5H3/q+1. The van der Waals surface area contributed by atoms with Crippen LogP contribution in [0, 0.1) is 0 Å². The molecule has 3 aliphatic heterocycles. The Hall–Kier alpha value is -0.0800. The quantitative estimate of drug-likeness (QED) is 0.620. The third-order valence-electron chi connectivity index (χ3n) is 5.00. The van der Waals surface area contributed by atoms with Gasteiger partial charge in [0.15, 0.2) is 0 Å². The lowest BCUT2D eigenvalue weighted by Gasteiger charge is -2.44. The summed E-state index contributed by atoms with van der Waals surface area (Å²) in [7, 11) is 0. The highest BCUT2D eigenvalue weighted by atomic mass is 15.4. The van der Waals surface area contributed by atoms with E-state index in [4.69, 9.17) is 0 Å². The van der Waals surface area contributed by atoms with E-state index in [0.717, 1.165) is 12.1 Å². The molecule has 2 bridgehead atoms. The number of nitrogens with zero attached hydrogens (tertiary/aromatic N) is 2. The SMILES string of the molecule is CC(C)[N+]12CCC(CC1)N(C(C)(C)C)CC2. The molecule has 0 aromatic rings. The second-order valence-electron chi connectivity index (χ2n) is 7.08. The van der Waals surface area contributed by atoms with E-state index in [1.165, 1.54) is 43.5 Å². The zero-order chi connectivity index (χ0) is 12.0. The van der Waals surface area contributed by atoms with Crippen molar-refractivity contribution in [2.75, 3.05) is 26.2 Å². The van der Waals surface area contributed by atoms with Crippen LogP contribution in [-0.2, 0) is 0 Å². The zero-order valence-corrected chi connectivity index (χ0v) is 11.8. The van der Waals surface area contributed by atoms with Crippen molar-refractivity contribution in [3.05, 3.63) is 0 Å². The van der Waals surface area contributed by atoms with Crippen LogP contribution in [0.25, 0.3) is 0 Å². The van der Waals surface area contributed by atoms with E-state index in [0.29, 0.717) is 5.54 Å². The maximum absolute atomic E-state index is 2.77. The average molecular weight is 225 g/mol. The highest BCUT2D eigenvalue weighted by molar-refractivity contribution is 4.87. The first-order chi connectivity index (χ1) is 7.35. The third-order valence-corrected chi connectivity index (χ3v) is 5.00. The number of rotatable bonds is 1. The summed E-state index contributed by atoms with van der Waals surface area (Å²) in [6, 6.07) is 1.66. The minimum absolute atomic E-state index is 0.353. The fourth-order valence-corrected chi connectivity index (χ4v) is 3.75. The van der Waals surface area contributed by atoms with Crippen molar-refractivity contribution < 1.29 is 4.48 Å². The molecule has 2 nitrogen and oxygen atoms in total. The summed E-state index contributed by atoms with van der Waals surface area (Å²) in [5.74, 6) is 0. The topological polar surface area (TPSA) is 3.24 Å².